The summed E-state index contributed by atoms with van der Waals surface area (Å²) in [6.07, 6.45) is 1.16. The van der Waals surface area contributed by atoms with Gasteiger partial charge in [-0.05, 0) is 43.5 Å². The molecule has 30 heavy (non-hydrogen) atoms. The normalized spacial score (nSPS) is 17.1. The van der Waals surface area contributed by atoms with E-state index in [4.69, 9.17) is 4.74 Å². The molecule has 1 amide bonds. The van der Waals surface area contributed by atoms with E-state index in [-0.39, 0.29) is 23.5 Å². The summed E-state index contributed by atoms with van der Waals surface area (Å²) >= 11 is 0. The van der Waals surface area contributed by atoms with Crippen LogP contribution in [0.25, 0.3) is 0 Å². The average molecular weight is 400 g/mol. The van der Waals surface area contributed by atoms with Gasteiger partial charge >= 0.3 is 0 Å². The summed E-state index contributed by atoms with van der Waals surface area (Å²) in [5.74, 6) is 0.957. The lowest BCUT2D eigenvalue weighted by molar-refractivity contribution is -0.122. The number of fused-ring (bicyclic) bond motifs is 1. The number of rotatable bonds is 5. The monoisotopic (exact) mass is 399 g/mol. The first-order valence-electron chi connectivity index (χ1n) is 10.6. The molecule has 0 radical (unpaired) electrons. The van der Waals surface area contributed by atoms with Gasteiger partial charge in [-0.1, -0.05) is 72.8 Å². The van der Waals surface area contributed by atoms with Crippen LogP contribution in [0.15, 0.2) is 78.9 Å². The quantitative estimate of drug-likeness (QED) is 0.577. The van der Waals surface area contributed by atoms with E-state index in [9.17, 15) is 4.79 Å². The first-order chi connectivity index (χ1) is 14.4. The molecule has 0 unspecified atom stereocenters. The van der Waals surface area contributed by atoms with Crippen LogP contribution >= 0.6 is 0 Å². The molecule has 1 aliphatic heterocycles. The lowest BCUT2D eigenvalue weighted by Gasteiger charge is -2.38. The van der Waals surface area contributed by atoms with Crippen LogP contribution in [-0.2, 0) is 4.79 Å². The van der Waals surface area contributed by atoms with E-state index >= 15 is 0 Å². The highest BCUT2D eigenvalue weighted by molar-refractivity contribution is 5.78. The number of amides is 1. The maximum Gasteiger partial charge on any atom is 0.221 e. The first kappa shape index (κ1) is 20.2. The lowest BCUT2D eigenvalue weighted by Crippen LogP contribution is -2.41. The van der Waals surface area contributed by atoms with Gasteiger partial charge in [-0.3, -0.25) is 4.79 Å². The number of nitrogens with one attached hydrogen (secondary N) is 1. The molecule has 1 heterocycles. The second kappa shape index (κ2) is 8.35. The van der Waals surface area contributed by atoms with E-state index in [0.29, 0.717) is 6.42 Å². The lowest BCUT2D eigenvalue weighted by atomic mass is 9.87. The third-order valence-corrected chi connectivity index (χ3v) is 5.76. The Hall–Kier alpha value is -3.07. The topological polar surface area (TPSA) is 38.3 Å². The number of hydrogen-bond acceptors (Lipinski definition) is 2. The number of benzene rings is 3. The molecule has 0 bridgehead atoms. The van der Waals surface area contributed by atoms with E-state index in [0.717, 1.165) is 34.4 Å². The zero-order valence-corrected chi connectivity index (χ0v) is 17.9. The van der Waals surface area contributed by atoms with Gasteiger partial charge in [0.25, 0.3) is 0 Å². The summed E-state index contributed by atoms with van der Waals surface area (Å²) < 4.78 is 6.18. The Morgan fingerprint density at radius 3 is 2.20 bits per heavy atom. The molecule has 3 heteroatoms. The second-order valence-electron chi connectivity index (χ2n) is 8.81. The maximum atomic E-state index is 13.2. The van der Waals surface area contributed by atoms with Gasteiger partial charge < -0.3 is 10.1 Å². The fourth-order valence-corrected chi connectivity index (χ4v) is 4.32. The minimum atomic E-state index is -0.322. The van der Waals surface area contributed by atoms with Gasteiger partial charge in [0.1, 0.15) is 11.4 Å². The smallest absolute Gasteiger partial charge is 0.221 e. The van der Waals surface area contributed by atoms with Gasteiger partial charge in [-0.15, -0.1) is 0 Å². The van der Waals surface area contributed by atoms with Crippen molar-refractivity contribution < 1.29 is 9.53 Å². The molecule has 0 spiro atoms. The van der Waals surface area contributed by atoms with Gasteiger partial charge in [-0.2, -0.15) is 0 Å². The predicted molar refractivity (Wildman–Crippen MR) is 121 cm³/mol. The Labute approximate surface area is 179 Å². The standard InChI is InChI=1S/C27H29NO2/c1-19-14-15-22-24(18-27(2,3)30-25(22)16-19)28-26(29)17-23(20-10-6-4-7-11-20)21-12-8-5-9-13-21/h4-16,23-24H,17-18H2,1-3H3,(H,28,29)/t24-/m0/s1. The fourth-order valence-electron chi connectivity index (χ4n) is 4.32. The molecule has 3 aromatic carbocycles. The van der Waals surface area contributed by atoms with Crippen LogP contribution in [0.2, 0.25) is 0 Å². The molecule has 0 aliphatic carbocycles. The largest absolute Gasteiger partial charge is 0.487 e. The number of hydrogen-bond donors (Lipinski definition) is 1. The molecule has 1 atom stereocenters. The van der Waals surface area contributed by atoms with Crippen LogP contribution in [0.1, 0.15) is 60.9 Å². The van der Waals surface area contributed by atoms with E-state index < -0.39 is 0 Å². The van der Waals surface area contributed by atoms with Crippen LogP contribution in [-0.4, -0.2) is 11.5 Å². The fraction of sp³-hybridized carbons (Fsp3) is 0.296. The summed E-state index contributed by atoms with van der Waals surface area (Å²) in [4.78, 5) is 13.2. The van der Waals surface area contributed by atoms with Crippen molar-refractivity contribution in [1.82, 2.24) is 5.32 Å². The Morgan fingerprint density at radius 1 is 1.00 bits per heavy atom. The summed E-state index contributed by atoms with van der Waals surface area (Å²) in [7, 11) is 0. The van der Waals surface area contributed by atoms with Crippen molar-refractivity contribution in [2.75, 3.05) is 0 Å². The minimum Gasteiger partial charge on any atom is -0.487 e. The highest BCUT2D eigenvalue weighted by Crippen LogP contribution is 2.40. The van der Waals surface area contributed by atoms with Crippen molar-refractivity contribution >= 4 is 5.91 Å². The zero-order chi connectivity index (χ0) is 21.1. The van der Waals surface area contributed by atoms with Crippen LogP contribution in [0.5, 0.6) is 5.75 Å². The van der Waals surface area contributed by atoms with Gasteiger partial charge in [0, 0.05) is 24.3 Å². The van der Waals surface area contributed by atoms with Crippen molar-refractivity contribution in [3.8, 4) is 5.75 Å². The molecule has 0 fully saturated rings. The third kappa shape index (κ3) is 4.56. The third-order valence-electron chi connectivity index (χ3n) is 5.76. The molecule has 154 valence electrons. The Bertz CT molecular complexity index is 972. The highest BCUT2D eigenvalue weighted by Gasteiger charge is 2.35. The van der Waals surface area contributed by atoms with E-state index in [1.165, 1.54) is 0 Å². The molecule has 1 aliphatic rings. The van der Waals surface area contributed by atoms with E-state index in [2.05, 4.69) is 68.6 Å². The molecular weight excluding hydrogens is 370 g/mol. The number of carbonyl (C=O) groups is 1. The Kier molecular flexibility index (Phi) is 5.63. The van der Waals surface area contributed by atoms with Crippen molar-refractivity contribution in [1.29, 1.82) is 0 Å². The molecule has 0 saturated carbocycles. The maximum absolute atomic E-state index is 13.2. The first-order valence-corrected chi connectivity index (χ1v) is 10.6. The van der Waals surface area contributed by atoms with Crippen LogP contribution in [0, 0.1) is 6.92 Å². The molecular formula is C27H29NO2. The van der Waals surface area contributed by atoms with Gasteiger partial charge in [0.2, 0.25) is 5.91 Å². The van der Waals surface area contributed by atoms with Gasteiger partial charge in [0.15, 0.2) is 0 Å². The number of aryl methyl sites for hydroxylation is 1. The molecule has 0 aromatic heterocycles. The number of ether oxygens (including phenoxy) is 1. The minimum absolute atomic E-state index is 0.0257. The summed E-state index contributed by atoms with van der Waals surface area (Å²) in [6.45, 7) is 6.21. The highest BCUT2D eigenvalue weighted by atomic mass is 16.5. The van der Waals surface area contributed by atoms with Crippen molar-refractivity contribution in [2.45, 2.75) is 51.2 Å². The van der Waals surface area contributed by atoms with E-state index in [1.54, 1.807) is 0 Å². The average Bonchev–Trinajstić information content (AvgIpc) is 2.72. The summed E-state index contributed by atoms with van der Waals surface area (Å²) in [6, 6.07) is 26.7. The van der Waals surface area contributed by atoms with E-state index in [1.807, 2.05) is 36.4 Å². The molecule has 0 saturated heterocycles. The molecule has 3 nitrogen and oxygen atoms in total. The number of carbonyl (C=O) groups excluding carboxylic acids is 1. The zero-order valence-electron chi connectivity index (χ0n) is 17.9. The van der Waals surface area contributed by atoms with Crippen molar-refractivity contribution in [3.05, 3.63) is 101 Å². The van der Waals surface area contributed by atoms with Crippen molar-refractivity contribution in [2.24, 2.45) is 0 Å². The van der Waals surface area contributed by atoms with Gasteiger partial charge in [0.05, 0.1) is 6.04 Å². The van der Waals surface area contributed by atoms with Crippen LogP contribution in [0.4, 0.5) is 0 Å². The van der Waals surface area contributed by atoms with Crippen molar-refractivity contribution in [3.63, 3.8) is 0 Å². The molecule has 1 N–H and O–H groups in total. The molecule has 4 rings (SSSR count). The SMILES string of the molecule is Cc1ccc2c(c1)OC(C)(C)C[C@@H]2NC(=O)CC(c1ccccc1)c1ccccc1. The molecule has 3 aromatic rings. The Morgan fingerprint density at radius 2 is 1.60 bits per heavy atom. The summed E-state index contributed by atoms with van der Waals surface area (Å²) in [5.41, 5.74) is 4.20. The summed E-state index contributed by atoms with van der Waals surface area (Å²) in [5, 5.41) is 3.30. The predicted octanol–water partition coefficient (Wildman–Crippen LogP) is 5.94. The van der Waals surface area contributed by atoms with Gasteiger partial charge in [-0.25, -0.2) is 0 Å². The Balaban J connectivity index is 1.57. The van der Waals surface area contributed by atoms with Crippen LogP contribution in [0.3, 0.4) is 0 Å². The second-order valence-corrected chi connectivity index (χ2v) is 8.81. The van der Waals surface area contributed by atoms with Crippen LogP contribution < -0.4 is 10.1 Å².